The van der Waals surface area contributed by atoms with Gasteiger partial charge in [0.25, 0.3) is 0 Å². The van der Waals surface area contributed by atoms with Crippen LogP contribution in [0.5, 0.6) is 0 Å². The van der Waals surface area contributed by atoms with Crippen molar-refractivity contribution in [2.45, 2.75) is 46.1 Å². The zero-order chi connectivity index (χ0) is 14.0. The molecule has 1 nitrogen and oxygen atoms in total. The van der Waals surface area contributed by atoms with Gasteiger partial charge in [0.05, 0.1) is 0 Å². The molecule has 0 bridgehead atoms. The van der Waals surface area contributed by atoms with Crippen LogP contribution in [0, 0.1) is 24.7 Å². The van der Waals surface area contributed by atoms with Crippen molar-refractivity contribution < 1.29 is 0 Å². The molecule has 4 unspecified atom stereocenters. The highest BCUT2D eigenvalue weighted by molar-refractivity contribution is 9.10. The highest BCUT2D eigenvalue weighted by Gasteiger charge is 2.30. The Morgan fingerprint density at radius 3 is 2.47 bits per heavy atom. The number of nitrogens with one attached hydrogen (secondary N) is 1. The Balaban J connectivity index is 2.19. The highest BCUT2D eigenvalue weighted by Crippen LogP contribution is 2.40. The van der Waals surface area contributed by atoms with Gasteiger partial charge in [-0.3, -0.25) is 0 Å². The summed E-state index contributed by atoms with van der Waals surface area (Å²) in [6.07, 6.45) is 4.07. The molecule has 0 spiro atoms. The summed E-state index contributed by atoms with van der Waals surface area (Å²) < 4.78 is 1.19. The lowest BCUT2D eigenvalue weighted by molar-refractivity contribution is 0.174. The van der Waals surface area contributed by atoms with Gasteiger partial charge in [-0.2, -0.15) is 0 Å². The number of benzene rings is 1. The zero-order valence-corrected chi connectivity index (χ0v) is 14.1. The summed E-state index contributed by atoms with van der Waals surface area (Å²) in [5.41, 5.74) is 2.77. The van der Waals surface area contributed by atoms with E-state index in [0.29, 0.717) is 6.04 Å². The molecule has 1 saturated carbocycles. The minimum Gasteiger partial charge on any atom is -0.313 e. The molecule has 0 aliphatic heterocycles. The van der Waals surface area contributed by atoms with Crippen LogP contribution in [-0.2, 0) is 0 Å². The third-order valence-electron chi connectivity index (χ3n) is 4.84. The molecule has 1 aliphatic rings. The number of halogens is 1. The first-order valence-electron chi connectivity index (χ1n) is 7.45. The second-order valence-corrected chi connectivity index (χ2v) is 7.27. The van der Waals surface area contributed by atoms with Crippen LogP contribution >= 0.6 is 15.9 Å². The van der Waals surface area contributed by atoms with Gasteiger partial charge in [0.15, 0.2) is 0 Å². The van der Waals surface area contributed by atoms with Crippen LogP contribution in [0.1, 0.15) is 50.3 Å². The zero-order valence-electron chi connectivity index (χ0n) is 12.5. The summed E-state index contributed by atoms with van der Waals surface area (Å²) in [5.74, 6) is 2.51. The molecule has 1 fully saturated rings. The fourth-order valence-electron chi connectivity index (χ4n) is 3.51. The van der Waals surface area contributed by atoms with Crippen molar-refractivity contribution in [2.24, 2.45) is 17.8 Å². The van der Waals surface area contributed by atoms with Crippen molar-refractivity contribution in [3.63, 3.8) is 0 Å². The average molecular weight is 324 g/mol. The summed E-state index contributed by atoms with van der Waals surface area (Å²) in [6.45, 7) is 6.99. The van der Waals surface area contributed by atoms with E-state index in [4.69, 9.17) is 0 Å². The van der Waals surface area contributed by atoms with Gasteiger partial charge in [0.1, 0.15) is 0 Å². The van der Waals surface area contributed by atoms with Crippen molar-refractivity contribution >= 4 is 15.9 Å². The van der Waals surface area contributed by atoms with E-state index in [9.17, 15) is 0 Å². The lowest BCUT2D eigenvalue weighted by Crippen LogP contribution is -2.31. The maximum atomic E-state index is 3.63. The second-order valence-electron chi connectivity index (χ2n) is 6.36. The van der Waals surface area contributed by atoms with Crippen LogP contribution < -0.4 is 5.32 Å². The van der Waals surface area contributed by atoms with E-state index in [1.54, 1.807) is 0 Å². The van der Waals surface area contributed by atoms with E-state index in [0.717, 1.165) is 17.8 Å². The van der Waals surface area contributed by atoms with Crippen LogP contribution in [0.4, 0.5) is 0 Å². The molecule has 1 N–H and O–H groups in total. The van der Waals surface area contributed by atoms with E-state index >= 15 is 0 Å². The Bertz CT molecular complexity index is 409. The molecule has 4 atom stereocenters. The van der Waals surface area contributed by atoms with Crippen LogP contribution in [0.2, 0.25) is 0 Å². The standard InChI is InChI=1S/C17H26BrN/c1-11-7-15(10-16(18)8-11)17(19-4)14-6-5-12(2)13(3)9-14/h7-8,10,12-14,17,19H,5-6,9H2,1-4H3. The fraction of sp³-hybridized carbons (Fsp3) is 0.647. The predicted octanol–water partition coefficient (Wildman–Crippen LogP) is 5.09. The van der Waals surface area contributed by atoms with Crippen LogP contribution in [0.3, 0.4) is 0 Å². The third-order valence-corrected chi connectivity index (χ3v) is 5.30. The van der Waals surface area contributed by atoms with Crippen molar-refractivity contribution in [3.8, 4) is 0 Å². The Labute approximate surface area is 126 Å². The molecule has 19 heavy (non-hydrogen) atoms. The van der Waals surface area contributed by atoms with Gasteiger partial charge in [-0.15, -0.1) is 0 Å². The van der Waals surface area contributed by atoms with E-state index in [-0.39, 0.29) is 0 Å². The molecule has 1 aromatic carbocycles. The summed E-state index contributed by atoms with van der Waals surface area (Å²) in [5, 5.41) is 3.56. The van der Waals surface area contributed by atoms with Gasteiger partial charge in [-0.25, -0.2) is 0 Å². The minimum absolute atomic E-state index is 0.492. The quantitative estimate of drug-likeness (QED) is 0.816. The SMILES string of the molecule is CNC(c1cc(C)cc(Br)c1)C1CCC(C)C(C)C1. The fourth-order valence-corrected chi connectivity index (χ4v) is 4.14. The Morgan fingerprint density at radius 2 is 1.89 bits per heavy atom. The molecular formula is C17H26BrN. The average Bonchev–Trinajstić information content (AvgIpc) is 2.33. The highest BCUT2D eigenvalue weighted by atomic mass is 79.9. The van der Waals surface area contributed by atoms with Gasteiger partial charge >= 0.3 is 0 Å². The molecule has 0 saturated heterocycles. The molecule has 0 radical (unpaired) electrons. The lowest BCUT2D eigenvalue weighted by atomic mass is 9.72. The van der Waals surface area contributed by atoms with E-state index in [1.165, 1.54) is 34.9 Å². The number of hydrogen-bond donors (Lipinski definition) is 1. The summed E-state index contributed by atoms with van der Waals surface area (Å²) in [7, 11) is 2.10. The van der Waals surface area contributed by atoms with Gasteiger partial charge in [-0.1, -0.05) is 42.3 Å². The van der Waals surface area contributed by atoms with Gasteiger partial charge < -0.3 is 5.32 Å². The van der Waals surface area contributed by atoms with E-state index in [1.807, 2.05) is 0 Å². The predicted molar refractivity (Wildman–Crippen MR) is 86.3 cm³/mol. The minimum atomic E-state index is 0.492. The molecule has 1 aliphatic carbocycles. The van der Waals surface area contributed by atoms with Gasteiger partial charge in [0.2, 0.25) is 0 Å². The molecule has 1 aromatic rings. The number of hydrogen-bond acceptors (Lipinski definition) is 1. The first-order chi connectivity index (χ1) is 9.01. The van der Waals surface area contributed by atoms with Crippen molar-refractivity contribution in [1.29, 1.82) is 0 Å². The molecule has 2 heteroatoms. The van der Waals surface area contributed by atoms with Crippen LogP contribution in [0.25, 0.3) is 0 Å². The maximum absolute atomic E-state index is 3.63. The largest absolute Gasteiger partial charge is 0.313 e. The third kappa shape index (κ3) is 3.61. The number of rotatable bonds is 3. The monoisotopic (exact) mass is 323 g/mol. The van der Waals surface area contributed by atoms with E-state index < -0.39 is 0 Å². The van der Waals surface area contributed by atoms with Crippen LogP contribution in [0.15, 0.2) is 22.7 Å². The molecular weight excluding hydrogens is 298 g/mol. The first kappa shape index (κ1) is 15.1. The molecule has 0 heterocycles. The second kappa shape index (κ2) is 6.41. The van der Waals surface area contributed by atoms with Crippen molar-refractivity contribution in [2.75, 3.05) is 7.05 Å². The molecule has 106 valence electrons. The van der Waals surface area contributed by atoms with Crippen molar-refractivity contribution in [1.82, 2.24) is 5.32 Å². The van der Waals surface area contributed by atoms with Crippen LogP contribution in [-0.4, -0.2) is 7.05 Å². The maximum Gasteiger partial charge on any atom is 0.0346 e. The van der Waals surface area contributed by atoms with Crippen molar-refractivity contribution in [3.05, 3.63) is 33.8 Å². The first-order valence-corrected chi connectivity index (χ1v) is 8.25. The molecule has 0 aromatic heterocycles. The Morgan fingerprint density at radius 1 is 1.16 bits per heavy atom. The van der Waals surface area contributed by atoms with Gasteiger partial charge in [-0.05, 0) is 67.8 Å². The summed E-state index contributed by atoms with van der Waals surface area (Å²) in [4.78, 5) is 0. The number of aryl methyl sites for hydroxylation is 1. The molecule has 2 rings (SSSR count). The summed E-state index contributed by atoms with van der Waals surface area (Å²) in [6, 6.07) is 7.28. The summed E-state index contributed by atoms with van der Waals surface area (Å²) >= 11 is 3.63. The normalized spacial score (nSPS) is 29.2. The topological polar surface area (TPSA) is 12.0 Å². The Kier molecular flexibility index (Phi) is 5.08. The van der Waals surface area contributed by atoms with E-state index in [2.05, 4.69) is 67.3 Å². The molecule has 0 amide bonds. The van der Waals surface area contributed by atoms with Gasteiger partial charge in [0, 0.05) is 10.5 Å². The lowest BCUT2D eigenvalue weighted by Gasteiger charge is -2.37. The smallest absolute Gasteiger partial charge is 0.0346 e. The Hall–Kier alpha value is -0.340.